The van der Waals surface area contributed by atoms with Crippen LogP contribution in [0.15, 0.2) is 36.5 Å². The molecule has 0 aliphatic heterocycles. The maximum Gasteiger partial charge on any atom is 0.417 e. The Hall–Kier alpha value is -2.77. The number of amides is 1. The number of pyridine rings is 1. The Morgan fingerprint density at radius 1 is 0.969 bits per heavy atom. The fourth-order valence-electron chi connectivity index (χ4n) is 4.47. The van der Waals surface area contributed by atoms with Crippen molar-refractivity contribution in [2.24, 2.45) is 5.92 Å². The highest BCUT2D eigenvalue weighted by atomic mass is 19.4. The van der Waals surface area contributed by atoms with Crippen LogP contribution in [0.3, 0.4) is 0 Å². The predicted molar refractivity (Wildman–Crippen MR) is 110 cm³/mol. The monoisotopic (exact) mass is 448 g/mol. The van der Waals surface area contributed by atoms with Gasteiger partial charge in [-0.2, -0.15) is 13.2 Å². The molecule has 1 aromatic carbocycles. The van der Waals surface area contributed by atoms with Crippen molar-refractivity contribution in [3.8, 4) is 0 Å². The van der Waals surface area contributed by atoms with E-state index in [1.165, 1.54) is 0 Å². The van der Waals surface area contributed by atoms with Crippen LogP contribution in [0, 0.1) is 11.7 Å². The van der Waals surface area contributed by atoms with Crippen molar-refractivity contribution in [1.29, 1.82) is 0 Å². The summed E-state index contributed by atoms with van der Waals surface area (Å²) < 4.78 is 53.4. The number of hydrogen-bond donors (Lipinski definition) is 1. The molecule has 2 aromatic rings. The molecule has 1 heterocycles. The Morgan fingerprint density at radius 3 is 2.25 bits per heavy atom. The van der Waals surface area contributed by atoms with E-state index in [0.29, 0.717) is 43.5 Å². The van der Waals surface area contributed by atoms with Crippen LogP contribution in [0.2, 0.25) is 0 Å². The van der Waals surface area contributed by atoms with Crippen LogP contribution >= 0.6 is 0 Å². The fourth-order valence-corrected chi connectivity index (χ4v) is 4.47. The molecule has 0 saturated heterocycles. The normalized spacial score (nSPS) is 21.6. The van der Waals surface area contributed by atoms with Gasteiger partial charge in [-0.1, -0.05) is 6.07 Å². The van der Waals surface area contributed by atoms with Gasteiger partial charge in [-0.25, -0.2) is 4.39 Å². The van der Waals surface area contributed by atoms with Crippen LogP contribution in [0.4, 0.5) is 17.6 Å². The van der Waals surface area contributed by atoms with Crippen molar-refractivity contribution in [1.82, 2.24) is 10.3 Å². The van der Waals surface area contributed by atoms with Crippen molar-refractivity contribution in [3.05, 3.63) is 64.7 Å². The van der Waals surface area contributed by atoms with Gasteiger partial charge in [0.1, 0.15) is 11.5 Å². The topological polar surface area (TPSA) is 59.1 Å². The summed E-state index contributed by atoms with van der Waals surface area (Å²) in [6, 6.07) is 5.80. The highest BCUT2D eigenvalue weighted by Crippen LogP contribution is 2.39. The molecule has 8 heteroatoms. The van der Waals surface area contributed by atoms with E-state index in [-0.39, 0.29) is 17.9 Å². The lowest BCUT2D eigenvalue weighted by molar-refractivity contribution is -0.138. The number of ketones is 1. The Morgan fingerprint density at radius 2 is 1.69 bits per heavy atom. The average molecular weight is 448 g/mol. The minimum Gasteiger partial charge on any atom is -0.348 e. The first kappa shape index (κ1) is 22.4. The van der Waals surface area contributed by atoms with Gasteiger partial charge in [-0.15, -0.1) is 0 Å². The summed E-state index contributed by atoms with van der Waals surface area (Å²) in [6.07, 6.45) is 2.12. The summed E-state index contributed by atoms with van der Waals surface area (Å²) in [7, 11) is 0. The lowest BCUT2D eigenvalue weighted by atomic mass is 9.76. The lowest BCUT2D eigenvalue weighted by Gasteiger charge is -2.28. The Kier molecular flexibility index (Phi) is 6.31. The first-order valence-electron chi connectivity index (χ1n) is 10.9. The van der Waals surface area contributed by atoms with E-state index < -0.39 is 34.8 Å². The number of nitrogens with one attached hydrogen (secondary N) is 1. The van der Waals surface area contributed by atoms with Gasteiger partial charge in [-0.05, 0) is 80.7 Å². The van der Waals surface area contributed by atoms with Gasteiger partial charge >= 0.3 is 6.18 Å². The minimum atomic E-state index is -4.71. The van der Waals surface area contributed by atoms with Crippen molar-refractivity contribution < 1.29 is 27.2 Å². The molecule has 4 rings (SSSR count). The van der Waals surface area contributed by atoms with Crippen molar-refractivity contribution >= 4 is 11.7 Å². The molecule has 1 amide bonds. The summed E-state index contributed by atoms with van der Waals surface area (Å²) in [5, 5.41) is 2.94. The lowest BCUT2D eigenvalue weighted by Crippen LogP contribution is -2.39. The van der Waals surface area contributed by atoms with Gasteiger partial charge in [0.25, 0.3) is 5.91 Å². The Balaban J connectivity index is 1.38. The van der Waals surface area contributed by atoms with Gasteiger partial charge in [0.15, 0.2) is 5.78 Å². The number of hydrogen-bond acceptors (Lipinski definition) is 3. The largest absolute Gasteiger partial charge is 0.417 e. The average Bonchev–Trinajstić information content (AvgIpc) is 2.75. The first-order chi connectivity index (χ1) is 15.2. The Bertz CT molecular complexity index is 992. The molecule has 1 aromatic heterocycles. The number of carbonyl (C=O) groups excluding carboxylic acids is 2. The summed E-state index contributed by atoms with van der Waals surface area (Å²) in [6.45, 7) is 0. The number of halogens is 4. The van der Waals surface area contributed by atoms with Gasteiger partial charge in [0, 0.05) is 23.7 Å². The first-order valence-corrected chi connectivity index (χ1v) is 10.9. The zero-order chi connectivity index (χ0) is 22.9. The van der Waals surface area contributed by atoms with E-state index in [9.17, 15) is 27.2 Å². The highest BCUT2D eigenvalue weighted by Gasteiger charge is 2.37. The van der Waals surface area contributed by atoms with Gasteiger partial charge in [-0.3, -0.25) is 14.6 Å². The SMILES string of the molecule is O=C(NC1CCC1)c1ccc(C2CCC(C(=O)c3cc(F)ccc3C(F)(F)F)CC2)cn1. The third-order valence-corrected chi connectivity index (χ3v) is 6.58. The number of nitrogens with zero attached hydrogens (tertiary/aromatic N) is 1. The van der Waals surface area contributed by atoms with Gasteiger partial charge in [0.2, 0.25) is 0 Å². The molecule has 2 aliphatic carbocycles. The molecular weight excluding hydrogens is 424 g/mol. The molecular formula is C24H24F4N2O2. The molecule has 2 aliphatic rings. The van der Waals surface area contributed by atoms with Crippen LogP contribution < -0.4 is 5.32 Å². The molecule has 170 valence electrons. The van der Waals surface area contributed by atoms with Crippen LogP contribution in [0.1, 0.15) is 82.8 Å². The van der Waals surface area contributed by atoms with Crippen molar-refractivity contribution in [2.75, 3.05) is 0 Å². The third-order valence-electron chi connectivity index (χ3n) is 6.58. The molecule has 0 bridgehead atoms. The van der Waals surface area contributed by atoms with Crippen molar-refractivity contribution in [2.45, 2.75) is 63.1 Å². The maximum absolute atomic E-state index is 13.6. The quantitative estimate of drug-likeness (QED) is 0.473. The van der Waals surface area contributed by atoms with Gasteiger partial charge in [0.05, 0.1) is 5.56 Å². The van der Waals surface area contributed by atoms with Crippen molar-refractivity contribution in [3.63, 3.8) is 0 Å². The van der Waals surface area contributed by atoms with E-state index >= 15 is 0 Å². The van der Waals surface area contributed by atoms with Crippen LogP contribution in [-0.2, 0) is 6.18 Å². The number of benzene rings is 1. The van der Waals surface area contributed by atoms with E-state index in [2.05, 4.69) is 10.3 Å². The summed E-state index contributed by atoms with van der Waals surface area (Å²) >= 11 is 0. The number of Topliss-reactive ketones (excluding diaryl/α,β-unsaturated/α-hetero) is 1. The zero-order valence-corrected chi connectivity index (χ0v) is 17.4. The van der Waals surface area contributed by atoms with Gasteiger partial charge < -0.3 is 5.32 Å². The van der Waals surface area contributed by atoms with Crippen LogP contribution in [-0.4, -0.2) is 22.7 Å². The molecule has 1 N–H and O–H groups in total. The third kappa shape index (κ3) is 4.84. The molecule has 32 heavy (non-hydrogen) atoms. The molecule has 2 saturated carbocycles. The van der Waals surface area contributed by atoms with E-state index in [4.69, 9.17) is 0 Å². The maximum atomic E-state index is 13.6. The Labute approximate surface area is 183 Å². The second kappa shape index (κ2) is 9.00. The van der Waals surface area contributed by atoms with E-state index in [1.54, 1.807) is 12.3 Å². The number of rotatable bonds is 5. The molecule has 0 unspecified atom stereocenters. The summed E-state index contributed by atoms with van der Waals surface area (Å²) in [5.74, 6) is -2.16. The highest BCUT2D eigenvalue weighted by molar-refractivity contribution is 5.99. The molecule has 0 radical (unpaired) electrons. The smallest absolute Gasteiger partial charge is 0.348 e. The predicted octanol–water partition coefficient (Wildman–Crippen LogP) is 5.68. The van der Waals surface area contributed by atoms with E-state index in [1.807, 2.05) is 6.07 Å². The zero-order valence-electron chi connectivity index (χ0n) is 17.4. The summed E-state index contributed by atoms with van der Waals surface area (Å²) in [4.78, 5) is 29.2. The van der Waals surface area contributed by atoms with Crippen LogP contribution in [0.25, 0.3) is 0 Å². The second-order valence-electron chi connectivity index (χ2n) is 8.68. The standard InChI is InChI=1S/C24H24F4N2O2/c25-17-9-10-20(24(26,27)28)19(12-17)22(31)15-6-4-14(5-7-15)16-8-11-21(29-13-16)23(32)30-18-2-1-3-18/h8-15,18H,1-7H2,(H,30,32). The molecule has 0 spiro atoms. The molecule has 2 fully saturated rings. The number of carbonyl (C=O) groups is 2. The second-order valence-corrected chi connectivity index (χ2v) is 8.68. The minimum absolute atomic E-state index is 0.116. The molecule has 0 atom stereocenters. The molecule has 4 nitrogen and oxygen atoms in total. The van der Waals surface area contributed by atoms with E-state index in [0.717, 1.165) is 30.9 Å². The fraction of sp³-hybridized carbons (Fsp3) is 0.458. The number of alkyl halides is 3. The van der Waals surface area contributed by atoms with Crippen LogP contribution in [0.5, 0.6) is 0 Å². The summed E-state index contributed by atoms with van der Waals surface area (Å²) in [5.41, 5.74) is -0.386. The number of aromatic nitrogens is 1.